The molecular formula is C2H7Na2O6P. The normalized spacial score (nSPS) is 7.64. The van der Waals surface area contributed by atoms with E-state index in [0.29, 0.717) is 0 Å². The van der Waals surface area contributed by atoms with Crippen molar-refractivity contribution in [2.24, 2.45) is 0 Å². The van der Waals surface area contributed by atoms with Gasteiger partial charge in [-0.15, -0.1) is 0 Å². The summed E-state index contributed by atoms with van der Waals surface area (Å²) in [5.74, 6) is -1.08. The van der Waals surface area contributed by atoms with Gasteiger partial charge in [-0.25, -0.2) is 0 Å². The second-order valence-corrected chi connectivity index (χ2v) is 1.96. The molecule has 9 heteroatoms. The third-order valence-corrected chi connectivity index (χ3v) is 0. The van der Waals surface area contributed by atoms with Crippen molar-refractivity contribution in [3.05, 3.63) is 0 Å². The van der Waals surface area contributed by atoms with E-state index in [4.69, 9.17) is 29.1 Å². The standard InChI is InChI=1S/C2H4O2.2Na.H3O4P.H/c1-2(3)4;;;1-5(2,3)4;/h1H3,(H,3,4);;;(H3,1,2,3,4);/q;;+1;;/p-1. The first kappa shape index (κ1) is 22.9. The van der Waals surface area contributed by atoms with Crippen LogP contribution in [-0.2, 0) is 9.36 Å². The Bertz CT molecular complexity index is 123. The molecule has 0 amide bonds. The summed E-state index contributed by atoms with van der Waals surface area (Å²) in [5, 5.41) is 8.89. The van der Waals surface area contributed by atoms with Crippen molar-refractivity contribution in [2.45, 2.75) is 6.92 Å². The van der Waals surface area contributed by atoms with Crippen LogP contribution in [0, 0.1) is 0 Å². The SMILES string of the molecule is CC(=O)[O-].O=P([O-])(O)O.[H+].[Na+].[NaH]. The minimum absolute atomic E-state index is 0. The van der Waals surface area contributed by atoms with E-state index in [1.54, 1.807) is 0 Å². The average molecular weight is 204 g/mol. The van der Waals surface area contributed by atoms with Crippen LogP contribution in [0.3, 0.4) is 0 Å². The van der Waals surface area contributed by atoms with Gasteiger partial charge in [0.15, 0.2) is 0 Å². The molecule has 0 atom stereocenters. The molecule has 0 aliphatic heterocycles. The average Bonchev–Trinajstić information content (AvgIpc) is 1.19. The number of carbonyl (C=O) groups is 1. The monoisotopic (exact) mass is 204 g/mol. The van der Waals surface area contributed by atoms with E-state index in [2.05, 4.69) is 0 Å². The van der Waals surface area contributed by atoms with Gasteiger partial charge in [0.25, 0.3) is 7.82 Å². The molecule has 0 fully saturated rings. The van der Waals surface area contributed by atoms with Crippen LogP contribution in [0.2, 0.25) is 0 Å². The Morgan fingerprint density at radius 3 is 1.55 bits per heavy atom. The quantitative estimate of drug-likeness (QED) is 0.299. The van der Waals surface area contributed by atoms with E-state index < -0.39 is 13.8 Å². The molecule has 0 spiro atoms. The zero-order chi connectivity index (χ0) is 8.08. The second-order valence-electron chi connectivity index (χ2n) is 0.982. The van der Waals surface area contributed by atoms with E-state index in [9.17, 15) is 0 Å². The van der Waals surface area contributed by atoms with Gasteiger partial charge in [0, 0.05) is 5.97 Å². The second kappa shape index (κ2) is 11.6. The van der Waals surface area contributed by atoms with Crippen molar-refractivity contribution < 1.29 is 60.1 Å². The molecule has 0 aliphatic rings. The number of hydrogen-bond acceptors (Lipinski definition) is 4. The number of hydrogen-bond donors (Lipinski definition) is 2. The number of carboxylic acids is 1. The van der Waals surface area contributed by atoms with Gasteiger partial charge in [-0.2, -0.15) is 0 Å². The molecule has 0 heterocycles. The molecule has 0 saturated carbocycles. The predicted molar refractivity (Wildman–Crippen MR) is 31.0 cm³/mol. The Morgan fingerprint density at radius 1 is 1.55 bits per heavy atom. The summed E-state index contributed by atoms with van der Waals surface area (Å²) in [6.07, 6.45) is 0. The van der Waals surface area contributed by atoms with Gasteiger partial charge in [0.05, 0.1) is 0 Å². The molecule has 0 radical (unpaired) electrons. The summed E-state index contributed by atoms with van der Waals surface area (Å²) in [4.78, 5) is 31.8. The van der Waals surface area contributed by atoms with Gasteiger partial charge in [-0.05, 0) is 6.92 Å². The Kier molecular flexibility index (Phi) is 24.1. The number of rotatable bonds is 0. The Labute approximate surface area is 109 Å². The maximum absolute atomic E-state index is 8.89. The fourth-order valence-corrected chi connectivity index (χ4v) is 0. The van der Waals surface area contributed by atoms with Crippen molar-refractivity contribution in [3.8, 4) is 0 Å². The zero-order valence-corrected chi connectivity index (χ0v) is 8.37. The van der Waals surface area contributed by atoms with Crippen LogP contribution in [0.4, 0.5) is 0 Å². The summed E-state index contributed by atoms with van der Waals surface area (Å²) in [6.45, 7) is 0.972. The third kappa shape index (κ3) is 426. The van der Waals surface area contributed by atoms with Crippen LogP contribution in [0.15, 0.2) is 0 Å². The van der Waals surface area contributed by atoms with E-state index >= 15 is 0 Å². The number of carboxylic acid groups (broad SMARTS) is 1. The van der Waals surface area contributed by atoms with Gasteiger partial charge >= 0.3 is 60.5 Å². The topological polar surface area (TPSA) is 121 Å². The molecule has 2 N–H and O–H groups in total. The summed E-state index contributed by atoms with van der Waals surface area (Å²) < 4.78 is 8.77. The first-order chi connectivity index (χ1) is 3.73. The van der Waals surface area contributed by atoms with Crippen LogP contribution in [0.25, 0.3) is 0 Å². The Hall–Kier alpha value is 1.58. The predicted octanol–water partition coefficient (Wildman–Crippen LogP) is -6.34. The molecule has 0 aromatic heterocycles. The number of phosphoric acid groups is 1. The van der Waals surface area contributed by atoms with E-state index in [1.807, 2.05) is 0 Å². The van der Waals surface area contributed by atoms with Crippen LogP contribution in [0.5, 0.6) is 0 Å². The fraction of sp³-hybridized carbons (Fsp3) is 0.500. The molecule has 0 unspecified atom stereocenters. The minimum atomic E-state index is -4.89. The van der Waals surface area contributed by atoms with Gasteiger partial charge < -0.3 is 24.6 Å². The molecule has 0 aromatic rings. The molecule has 0 saturated heterocycles. The Morgan fingerprint density at radius 2 is 1.55 bits per heavy atom. The summed E-state index contributed by atoms with van der Waals surface area (Å²) >= 11 is 0. The summed E-state index contributed by atoms with van der Waals surface area (Å²) in [6, 6.07) is 0. The fourth-order valence-electron chi connectivity index (χ4n) is 0. The molecule has 0 bridgehead atoms. The van der Waals surface area contributed by atoms with E-state index in [-0.39, 0.29) is 60.5 Å². The van der Waals surface area contributed by atoms with Gasteiger partial charge in [-0.1, -0.05) is 0 Å². The number of aliphatic carboxylic acids is 1. The Balaban J connectivity index is -0.0000000221. The summed E-state index contributed by atoms with van der Waals surface area (Å²) in [5.41, 5.74) is 0. The molecule has 0 aromatic carbocycles. The van der Waals surface area contributed by atoms with Crippen molar-refractivity contribution >= 4 is 43.3 Å². The van der Waals surface area contributed by atoms with Crippen molar-refractivity contribution in [1.82, 2.24) is 0 Å². The van der Waals surface area contributed by atoms with E-state index in [0.717, 1.165) is 6.92 Å². The van der Waals surface area contributed by atoms with Gasteiger partial charge in [0.2, 0.25) is 0 Å². The van der Waals surface area contributed by atoms with Crippen LogP contribution in [-0.4, -0.2) is 45.3 Å². The molecule has 58 valence electrons. The first-order valence-electron chi connectivity index (χ1n) is 1.67. The van der Waals surface area contributed by atoms with Crippen molar-refractivity contribution in [2.75, 3.05) is 0 Å². The molecule has 11 heavy (non-hydrogen) atoms. The molecule has 0 aliphatic carbocycles. The van der Waals surface area contributed by atoms with Crippen LogP contribution in [0.1, 0.15) is 8.35 Å². The van der Waals surface area contributed by atoms with Gasteiger partial charge in [-0.3, -0.25) is 4.57 Å². The summed E-state index contributed by atoms with van der Waals surface area (Å²) in [7, 11) is -4.89. The first-order valence-corrected chi connectivity index (χ1v) is 3.20. The molecular weight excluding hydrogens is 197 g/mol. The maximum atomic E-state index is 8.89. The van der Waals surface area contributed by atoms with Crippen molar-refractivity contribution in [3.63, 3.8) is 0 Å². The molecule has 6 nitrogen and oxygen atoms in total. The molecule has 0 rings (SSSR count). The van der Waals surface area contributed by atoms with E-state index in [1.165, 1.54) is 0 Å². The van der Waals surface area contributed by atoms with Crippen molar-refractivity contribution in [1.29, 1.82) is 0 Å². The number of carbonyl (C=O) groups excluding carboxylic acids is 1. The van der Waals surface area contributed by atoms with Crippen LogP contribution < -0.4 is 39.6 Å². The third-order valence-electron chi connectivity index (χ3n) is 0. The zero-order valence-electron chi connectivity index (χ0n) is 6.47. The van der Waals surface area contributed by atoms with Gasteiger partial charge in [0.1, 0.15) is 0 Å². The van der Waals surface area contributed by atoms with Crippen LogP contribution >= 0.6 is 7.82 Å².